The molecule has 23 heavy (non-hydrogen) atoms. The molecule has 5 nitrogen and oxygen atoms in total. The second-order valence-corrected chi connectivity index (χ2v) is 6.03. The van der Waals surface area contributed by atoms with Crippen LogP contribution in [0.15, 0.2) is 24.3 Å². The van der Waals surface area contributed by atoms with E-state index >= 15 is 0 Å². The normalized spacial score (nSPS) is 10.9. The zero-order chi connectivity index (χ0) is 17.2. The van der Waals surface area contributed by atoms with Crippen molar-refractivity contribution in [3.8, 4) is 0 Å². The average Bonchev–Trinajstić information content (AvgIpc) is 2.47. The summed E-state index contributed by atoms with van der Waals surface area (Å²) >= 11 is 0. The SMILES string of the molecule is CCCN(CCC)CC(=O)Nc1ccc(C(=O)NC(C)C)cc1. The number of carbonyl (C=O) groups excluding carboxylic acids is 2. The molecule has 128 valence electrons. The second-order valence-electron chi connectivity index (χ2n) is 6.03. The lowest BCUT2D eigenvalue weighted by atomic mass is 10.2. The fraction of sp³-hybridized carbons (Fsp3) is 0.556. The van der Waals surface area contributed by atoms with E-state index in [1.54, 1.807) is 24.3 Å². The summed E-state index contributed by atoms with van der Waals surface area (Å²) in [4.78, 5) is 26.1. The van der Waals surface area contributed by atoms with Gasteiger partial charge in [-0.3, -0.25) is 14.5 Å². The van der Waals surface area contributed by atoms with E-state index in [0.29, 0.717) is 17.8 Å². The Morgan fingerprint density at radius 2 is 1.61 bits per heavy atom. The van der Waals surface area contributed by atoms with E-state index in [4.69, 9.17) is 0 Å². The lowest BCUT2D eigenvalue weighted by Crippen LogP contribution is -2.34. The van der Waals surface area contributed by atoms with E-state index in [-0.39, 0.29) is 17.9 Å². The van der Waals surface area contributed by atoms with Gasteiger partial charge in [0.25, 0.3) is 5.91 Å². The van der Waals surface area contributed by atoms with Crippen LogP contribution in [0.5, 0.6) is 0 Å². The molecule has 0 heterocycles. The van der Waals surface area contributed by atoms with Crippen LogP contribution in [0.25, 0.3) is 0 Å². The summed E-state index contributed by atoms with van der Waals surface area (Å²) in [6.07, 6.45) is 2.07. The van der Waals surface area contributed by atoms with Gasteiger partial charge < -0.3 is 10.6 Å². The highest BCUT2D eigenvalue weighted by Gasteiger charge is 2.10. The molecular weight excluding hydrogens is 290 g/mol. The minimum absolute atomic E-state index is 0.0220. The highest BCUT2D eigenvalue weighted by atomic mass is 16.2. The zero-order valence-electron chi connectivity index (χ0n) is 14.7. The molecule has 0 saturated heterocycles. The Hall–Kier alpha value is -1.88. The quantitative estimate of drug-likeness (QED) is 0.736. The topological polar surface area (TPSA) is 61.4 Å². The van der Waals surface area contributed by atoms with Gasteiger partial charge in [-0.2, -0.15) is 0 Å². The summed E-state index contributed by atoms with van der Waals surface area (Å²) in [6.45, 7) is 10.3. The second kappa shape index (κ2) is 10.0. The van der Waals surface area contributed by atoms with E-state index in [9.17, 15) is 9.59 Å². The van der Waals surface area contributed by atoms with Crippen molar-refractivity contribution in [2.24, 2.45) is 0 Å². The maximum atomic E-state index is 12.1. The van der Waals surface area contributed by atoms with Crippen LogP contribution in [0.1, 0.15) is 50.9 Å². The first-order chi connectivity index (χ1) is 11.0. The van der Waals surface area contributed by atoms with Crippen molar-refractivity contribution in [1.29, 1.82) is 0 Å². The van der Waals surface area contributed by atoms with Gasteiger partial charge in [-0.25, -0.2) is 0 Å². The minimum Gasteiger partial charge on any atom is -0.350 e. The maximum absolute atomic E-state index is 12.1. The fourth-order valence-electron chi connectivity index (χ4n) is 2.36. The van der Waals surface area contributed by atoms with Gasteiger partial charge in [-0.05, 0) is 64.0 Å². The molecule has 0 fully saturated rings. The molecule has 2 N–H and O–H groups in total. The predicted molar refractivity (Wildman–Crippen MR) is 94.7 cm³/mol. The van der Waals surface area contributed by atoms with Crippen molar-refractivity contribution in [2.45, 2.75) is 46.6 Å². The van der Waals surface area contributed by atoms with Crippen LogP contribution in [0.3, 0.4) is 0 Å². The Bertz CT molecular complexity index is 491. The third-order valence-electron chi connectivity index (χ3n) is 3.30. The number of carbonyl (C=O) groups is 2. The number of hydrogen-bond donors (Lipinski definition) is 2. The Morgan fingerprint density at radius 1 is 1.04 bits per heavy atom. The van der Waals surface area contributed by atoms with Gasteiger partial charge in [0, 0.05) is 17.3 Å². The molecule has 0 saturated carbocycles. The number of rotatable bonds is 9. The van der Waals surface area contributed by atoms with Crippen molar-refractivity contribution in [2.75, 3.05) is 25.0 Å². The van der Waals surface area contributed by atoms with E-state index < -0.39 is 0 Å². The number of nitrogens with zero attached hydrogens (tertiary/aromatic N) is 1. The zero-order valence-corrected chi connectivity index (χ0v) is 14.7. The predicted octanol–water partition coefficient (Wildman–Crippen LogP) is 2.89. The van der Waals surface area contributed by atoms with Crippen LogP contribution in [0.2, 0.25) is 0 Å². The van der Waals surface area contributed by atoms with E-state index in [1.165, 1.54) is 0 Å². The van der Waals surface area contributed by atoms with Crippen molar-refractivity contribution in [1.82, 2.24) is 10.2 Å². The van der Waals surface area contributed by atoms with E-state index in [2.05, 4.69) is 29.4 Å². The Labute approximate surface area is 139 Å². The van der Waals surface area contributed by atoms with Crippen molar-refractivity contribution < 1.29 is 9.59 Å². The molecule has 0 aliphatic rings. The van der Waals surface area contributed by atoms with Gasteiger partial charge in [-0.15, -0.1) is 0 Å². The van der Waals surface area contributed by atoms with Crippen LogP contribution < -0.4 is 10.6 Å². The Balaban J connectivity index is 2.56. The Morgan fingerprint density at radius 3 is 2.09 bits per heavy atom. The van der Waals surface area contributed by atoms with Crippen molar-refractivity contribution in [3.63, 3.8) is 0 Å². The molecular formula is C18H29N3O2. The first kappa shape index (κ1) is 19.2. The number of amides is 2. The largest absolute Gasteiger partial charge is 0.350 e. The van der Waals surface area contributed by atoms with Gasteiger partial charge in [0.1, 0.15) is 0 Å². The van der Waals surface area contributed by atoms with Gasteiger partial charge in [0.15, 0.2) is 0 Å². The van der Waals surface area contributed by atoms with Crippen molar-refractivity contribution >= 4 is 17.5 Å². The van der Waals surface area contributed by atoms with Gasteiger partial charge >= 0.3 is 0 Å². The number of hydrogen-bond acceptors (Lipinski definition) is 3. The standard InChI is InChI=1S/C18H29N3O2/c1-5-11-21(12-6-2)13-17(22)20-16-9-7-15(8-10-16)18(23)19-14(3)4/h7-10,14H,5-6,11-13H2,1-4H3,(H,19,23)(H,20,22). The maximum Gasteiger partial charge on any atom is 0.251 e. The molecule has 0 bridgehead atoms. The molecule has 1 aromatic carbocycles. The van der Waals surface area contributed by atoms with E-state index in [1.807, 2.05) is 13.8 Å². The molecule has 0 radical (unpaired) electrons. The molecule has 2 amide bonds. The Kier molecular flexibility index (Phi) is 8.33. The summed E-state index contributed by atoms with van der Waals surface area (Å²) in [7, 11) is 0. The lowest BCUT2D eigenvalue weighted by Gasteiger charge is -2.20. The molecule has 0 atom stereocenters. The van der Waals surface area contributed by atoms with Gasteiger partial charge in [-0.1, -0.05) is 13.8 Å². The molecule has 1 rings (SSSR count). The van der Waals surface area contributed by atoms with Crippen LogP contribution >= 0.6 is 0 Å². The average molecular weight is 319 g/mol. The molecule has 0 spiro atoms. The molecule has 5 heteroatoms. The number of benzene rings is 1. The highest BCUT2D eigenvalue weighted by molar-refractivity contribution is 5.96. The first-order valence-corrected chi connectivity index (χ1v) is 8.39. The third-order valence-corrected chi connectivity index (χ3v) is 3.30. The fourth-order valence-corrected chi connectivity index (χ4v) is 2.36. The van der Waals surface area contributed by atoms with Crippen molar-refractivity contribution in [3.05, 3.63) is 29.8 Å². The monoisotopic (exact) mass is 319 g/mol. The molecule has 0 aromatic heterocycles. The summed E-state index contributed by atoms with van der Waals surface area (Å²) in [5, 5.41) is 5.72. The summed E-state index contributed by atoms with van der Waals surface area (Å²) in [6, 6.07) is 7.07. The first-order valence-electron chi connectivity index (χ1n) is 8.39. The van der Waals surface area contributed by atoms with Crippen LogP contribution in [-0.2, 0) is 4.79 Å². The molecule has 0 aliphatic carbocycles. The molecule has 0 unspecified atom stereocenters. The summed E-state index contributed by atoms with van der Waals surface area (Å²) < 4.78 is 0. The van der Waals surface area contributed by atoms with Crippen LogP contribution in [0.4, 0.5) is 5.69 Å². The highest BCUT2D eigenvalue weighted by Crippen LogP contribution is 2.10. The minimum atomic E-state index is -0.102. The molecule has 0 aliphatic heterocycles. The summed E-state index contributed by atoms with van der Waals surface area (Å²) in [5.74, 6) is -0.124. The smallest absolute Gasteiger partial charge is 0.251 e. The third kappa shape index (κ3) is 7.28. The lowest BCUT2D eigenvalue weighted by molar-refractivity contribution is -0.117. The number of anilines is 1. The van der Waals surface area contributed by atoms with Crippen LogP contribution in [-0.4, -0.2) is 42.4 Å². The van der Waals surface area contributed by atoms with E-state index in [0.717, 1.165) is 25.9 Å². The van der Waals surface area contributed by atoms with Gasteiger partial charge in [0.2, 0.25) is 5.91 Å². The summed E-state index contributed by atoms with van der Waals surface area (Å²) in [5.41, 5.74) is 1.30. The van der Waals surface area contributed by atoms with Gasteiger partial charge in [0.05, 0.1) is 6.54 Å². The van der Waals surface area contributed by atoms with Crippen LogP contribution in [0, 0.1) is 0 Å². The molecule has 1 aromatic rings. The number of nitrogens with one attached hydrogen (secondary N) is 2.